The van der Waals surface area contributed by atoms with Crippen molar-refractivity contribution in [3.63, 3.8) is 0 Å². The number of ether oxygens (including phenoxy) is 1. The summed E-state index contributed by atoms with van der Waals surface area (Å²) in [6.45, 7) is 9.31. The molecule has 0 N–H and O–H groups in total. The number of rotatable bonds is 7. The van der Waals surface area contributed by atoms with Crippen molar-refractivity contribution in [2.75, 3.05) is 31.1 Å². The highest BCUT2D eigenvalue weighted by Gasteiger charge is 2.25. The van der Waals surface area contributed by atoms with Gasteiger partial charge in [-0.25, -0.2) is 0 Å². The van der Waals surface area contributed by atoms with E-state index in [1.54, 1.807) is 0 Å². The van der Waals surface area contributed by atoms with Crippen molar-refractivity contribution in [2.45, 2.75) is 52.5 Å². The summed E-state index contributed by atoms with van der Waals surface area (Å²) in [7, 11) is 0. The normalized spacial score (nSPS) is 17.8. The molecule has 0 spiro atoms. The zero-order valence-corrected chi connectivity index (χ0v) is 18.4. The van der Waals surface area contributed by atoms with E-state index in [0.717, 1.165) is 48.9 Å². The number of fused-ring (bicyclic) bond motifs is 1. The molecule has 2 aromatic carbocycles. The van der Waals surface area contributed by atoms with Gasteiger partial charge in [-0.2, -0.15) is 0 Å². The first-order chi connectivity index (χ1) is 14.6. The standard InChI is InChI=1S/C26H34N2O2/c1-20-4-6-22(7-5-20)19-28-25-18-24(10-8-23(25)9-11-26(28)29)30-17-3-14-27-15-12-21(2)13-16-27/h4-8,10,18,21H,3,9,11-17,19H2,1-2H3. The van der Waals surface area contributed by atoms with Crippen molar-refractivity contribution in [3.8, 4) is 5.75 Å². The number of hydrogen-bond acceptors (Lipinski definition) is 3. The van der Waals surface area contributed by atoms with Crippen LogP contribution in [0.2, 0.25) is 0 Å². The first-order valence-electron chi connectivity index (χ1n) is 11.4. The zero-order valence-electron chi connectivity index (χ0n) is 18.4. The molecule has 0 radical (unpaired) electrons. The molecule has 2 aliphatic heterocycles. The molecule has 0 aromatic heterocycles. The van der Waals surface area contributed by atoms with E-state index in [4.69, 9.17) is 4.74 Å². The van der Waals surface area contributed by atoms with Crippen LogP contribution in [0.15, 0.2) is 42.5 Å². The number of aryl methyl sites for hydroxylation is 2. The van der Waals surface area contributed by atoms with Crippen LogP contribution in [0, 0.1) is 12.8 Å². The van der Waals surface area contributed by atoms with E-state index < -0.39 is 0 Å². The van der Waals surface area contributed by atoms with Crippen molar-refractivity contribution >= 4 is 11.6 Å². The number of amides is 1. The minimum atomic E-state index is 0.194. The van der Waals surface area contributed by atoms with Crippen LogP contribution in [-0.4, -0.2) is 37.0 Å². The third-order valence-electron chi connectivity index (χ3n) is 6.48. The minimum absolute atomic E-state index is 0.194. The highest BCUT2D eigenvalue weighted by Crippen LogP contribution is 2.33. The fraction of sp³-hybridized carbons (Fsp3) is 0.500. The van der Waals surface area contributed by atoms with Gasteiger partial charge in [0.25, 0.3) is 0 Å². The molecule has 0 saturated carbocycles. The largest absolute Gasteiger partial charge is 0.493 e. The second-order valence-electron chi connectivity index (χ2n) is 8.98. The summed E-state index contributed by atoms with van der Waals surface area (Å²) in [4.78, 5) is 17.2. The molecule has 160 valence electrons. The molecule has 1 fully saturated rings. The summed E-state index contributed by atoms with van der Waals surface area (Å²) in [5.41, 5.74) is 4.63. The summed E-state index contributed by atoms with van der Waals surface area (Å²) < 4.78 is 6.07. The molecule has 2 heterocycles. The summed E-state index contributed by atoms with van der Waals surface area (Å²) in [6.07, 6.45) is 5.06. The Balaban J connectivity index is 1.36. The summed E-state index contributed by atoms with van der Waals surface area (Å²) in [6, 6.07) is 14.7. The molecule has 4 rings (SSSR count). The molecule has 1 saturated heterocycles. The van der Waals surface area contributed by atoms with E-state index >= 15 is 0 Å². The monoisotopic (exact) mass is 406 g/mol. The lowest BCUT2D eigenvalue weighted by Crippen LogP contribution is -2.34. The van der Waals surface area contributed by atoms with Gasteiger partial charge in [-0.15, -0.1) is 0 Å². The molecule has 0 bridgehead atoms. The van der Waals surface area contributed by atoms with Gasteiger partial charge in [0, 0.05) is 19.0 Å². The van der Waals surface area contributed by atoms with Crippen LogP contribution in [0.25, 0.3) is 0 Å². The molecular formula is C26H34N2O2. The topological polar surface area (TPSA) is 32.8 Å². The predicted octanol–water partition coefficient (Wildman–Crippen LogP) is 4.98. The van der Waals surface area contributed by atoms with Gasteiger partial charge < -0.3 is 14.5 Å². The van der Waals surface area contributed by atoms with Gasteiger partial charge in [0.05, 0.1) is 18.8 Å². The van der Waals surface area contributed by atoms with Gasteiger partial charge in [0.2, 0.25) is 5.91 Å². The first kappa shape index (κ1) is 20.9. The van der Waals surface area contributed by atoms with Crippen LogP contribution in [0.1, 0.15) is 49.3 Å². The van der Waals surface area contributed by atoms with Crippen molar-refractivity contribution in [3.05, 3.63) is 59.2 Å². The number of hydrogen-bond donors (Lipinski definition) is 0. The number of piperidine rings is 1. The summed E-state index contributed by atoms with van der Waals surface area (Å²) in [5, 5.41) is 0. The van der Waals surface area contributed by atoms with Gasteiger partial charge in [0.1, 0.15) is 5.75 Å². The molecule has 30 heavy (non-hydrogen) atoms. The maximum Gasteiger partial charge on any atom is 0.227 e. The van der Waals surface area contributed by atoms with Gasteiger partial charge in [-0.05, 0) is 68.8 Å². The Hall–Kier alpha value is -2.33. The van der Waals surface area contributed by atoms with E-state index in [2.05, 4.69) is 61.2 Å². The van der Waals surface area contributed by atoms with E-state index in [1.807, 2.05) is 4.90 Å². The lowest BCUT2D eigenvalue weighted by atomic mass is 9.99. The summed E-state index contributed by atoms with van der Waals surface area (Å²) >= 11 is 0. The number of carbonyl (C=O) groups is 1. The van der Waals surface area contributed by atoms with Crippen LogP contribution in [0.5, 0.6) is 5.75 Å². The van der Waals surface area contributed by atoms with Crippen molar-refractivity contribution in [2.24, 2.45) is 5.92 Å². The second-order valence-corrected chi connectivity index (χ2v) is 8.98. The van der Waals surface area contributed by atoms with Crippen LogP contribution in [0.3, 0.4) is 0 Å². The number of carbonyl (C=O) groups excluding carboxylic acids is 1. The van der Waals surface area contributed by atoms with Crippen molar-refractivity contribution in [1.29, 1.82) is 0 Å². The Morgan fingerprint density at radius 3 is 2.57 bits per heavy atom. The van der Waals surface area contributed by atoms with Gasteiger partial charge in [-0.3, -0.25) is 4.79 Å². The molecule has 0 atom stereocenters. The lowest BCUT2D eigenvalue weighted by molar-refractivity contribution is -0.119. The Labute approximate surface area is 180 Å². The molecule has 2 aromatic rings. The molecule has 0 aliphatic carbocycles. The van der Waals surface area contributed by atoms with Crippen LogP contribution in [0.4, 0.5) is 5.69 Å². The maximum absolute atomic E-state index is 12.7. The minimum Gasteiger partial charge on any atom is -0.493 e. The van der Waals surface area contributed by atoms with Gasteiger partial charge in [0.15, 0.2) is 0 Å². The molecule has 4 heteroatoms. The van der Waals surface area contributed by atoms with Crippen LogP contribution < -0.4 is 9.64 Å². The zero-order chi connectivity index (χ0) is 20.9. The SMILES string of the molecule is Cc1ccc(CN2C(=O)CCc3ccc(OCCCN4CCC(C)CC4)cc32)cc1. The Morgan fingerprint density at radius 2 is 1.80 bits per heavy atom. The quantitative estimate of drug-likeness (QED) is 0.608. The fourth-order valence-electron chi connectivity index (χ4n) is 4.42. The third-order valence-corrected chi connectivity index (χ3v) is 6.48. The number of anilines is 1. The second kappa shape index (κ2) is 9.65. The van der Waals surface area contributed by atoms with E-state index in [-0.39, 0.29) is 5.91 Å². The highest BCUT2D eigenvalue weighted by molar-refractivity contribution is 5.96. The lowest BCUT2D eigenvalue weighted by Gasteiger charge is -2.30. The predicted molar refractivity (Wildman–Crippen MR) is 122 cm³/mol. The van der Waals surface area contributed by atoms with E-state index in [9.17, 15) is 4.79 Å². The molecule has 1 amide bonds. The van der Waals surface area contributed by atoms with Crippen molar-refractivity contribution in [1.82, 2.24) is 4.90 Å². The average molecular weight is 407 g/mol. The first-order valence-corrected chi connectivity index (χ1v) is 11.4. The smallest absolute Gasteiger partial charge is 0.227 e. The molecule has 0 unspecified atom stereocenters. The fourth-order valence-corrected chi connectivity index (χ4v) is 4.42. The third kappa shape index (κ3) is 5.23. The maximum atomic E-state index is 12.7. The van der Waals surface area contributed by atoms with Crippen LogP contribution >= 0.6 is 0 Å². The molecule has 2 aliphatic rings. The Bertz CT molecular complexity index is 854. The number of likely N-dealkylation sites (tertiary alicyclic amines) is 1. The van der Waals surface area contributed by atoms with E-state index in [0.29, 0.717) is 13.0 Å². The summed E-state index contributed by atoms with van der Waals surface area (Å²) in [5.74, 6) is 1.93. The average Bonchev–Trinajstić information content (AvgIpc) is 2.76. The highest BCUT2D eigenvalue weighted by atomic mass is 16.5. The van der Waals surface area contributed by atoms with Crippen molar-refractivity contribution < 1.29 is 9.53 Å². The van der Waals surface area contributed by atoms with E-state index in [1.165, 1.54) is 37.1 Å². The number of nitrogens with zero attached hydrogens (tertiary/aromatic N) is 2. The molecule has 4 nitrogen and oxygen atoms in total. The van der Waals surface area contributed by atoms with Gasteiger partial charge in [-0.1, -0.05) is 42.8 Å². The van der Waals surface area contributed by atoms with Gasteiger partial charge >= 0.3 is 0 Å². The molecular weight excluding hydrogens is 372 g/mol. The number of benzene rings is 2. The van der Waals surface area contributed by atoms with Crippen LogP contribution in [-0.2, 0) is 17.8 Å². The Kier molecular flexibility index (Phi) is 6.73. The Morgan fingerprint density at radius 1 is 1.03 bits per heavy atom.